The number of carboxylic acids is 2. The summed E-state index contributed by atoms with van der Waals surface area (Å²) in [7, 11) is 0. The van der Waals surface area contributed by atoms with Crippen molar-refractivity contribution in [1.29, 1.82) is 5.26 Å². The van der Waals surface area contributed by atoms with Crippen LogP contribution in [0, 0.1) is 11.5 Å². The largest absolute Gasteiger partial charge is 0.481 e. The number of hydrogen-bond donors (Lipinski definition) is 3. The Kier molecular flexibility index (Phi) is 4.22. The van der Waals surface area contributed by atoms with Crippen molar-refractivity contribution in [3.05, 3.63) is 0 Å². The van der Waals surface area contributed by atoms with Crippen LogP contribution in [0.2, 0.25) is 0 Å². The molecule has 15 heavy (non-hydrogen) atoms. The number of rotatable bonds is 5. The first kappa shape index (κ1) is 12.9. The quantitative estimate of drug-likeness (QED) is 0.380. The number of ether oxygens (including phenoxy) is 1. The Hall–Kier alpha value is -2.14. The Morgan fingerprint density at radius 1 is 1.27 bits per heavy atom. The van der Waals surface area contributed by atoms with Crippen molar-refractivity contribution in [3.8, 4) is 6.26 Å². The maximum absolute atomic E-state index is 10.7. The molecule has 0 aliphatic rings. The number of carbonyl (C=O) groups is 3. The van der Waals surface area contributed by atoms with E-state index in [2.05, 4.69) is 4.74 Å². The molecule has 8 nitrogen and oxygen atoms in total. The molecule has 0 aromatic rings. The van der Waals surface area contributed by atoms with Crippen molar-refractivity contribution in [2.45, 2.75) is 18.4 Å². The molecule has 0 radical (unpaired) electrons. The topological polar surface area (TPSA) is 145 Å². The third-order valence-electron chi connectivity index (χ3n) is 1.44. The van der Waals surface area contributed by atoms with E-state index < -0.39 is 36.4 Å². The molecule has 82 valence electrons. The molecule has 0 heterocycles. The van der Waals surface area contributed by atoms with E-state index in [-0.39, 0.29) is 0 Å². The Morgan fingerprint density at radius 2 is 1.80 bits per heavy atom. The van der Waals surface area contributed by atoms with Crippen molar-refractivity contribution in [3.63, 3.8) is 0 Å². The van der Waals surface area contributed by atoms with Crippen LogP contribution in [0.4, 0.5) is 0 Å². The van der Waals surface area contributed by atoms with Crippen LogP contribution in [0.25, 0.3) is 0 Å². The fourth-order valence-corrected chi connectivity index (χ4v) is 0.790. The van der Waals surface area contributed by atoms with Gasteiger partial charge in [-0.25, -0.2) is 4.79 Å². The van der Waals surface area contributed by atoms with Crippen LogP contribution in [0.3, 0.4) is 0 Å². The lowest BCUT2D eigenvalue weighted by atomic mass is 9.96. The maximum Gasteiger partial charge on any atom is 0.336 e. The third kappa shape index (κ3) is 4.06. The van der Waals surface area contributed by atoms with Crippen LogP contribution in [0.5, 0.6) is 0 Å². The van der Waals surface area contributed by atoms with E-state index in [1.807, 2.05) is 0 Å². The third-order valence-corrected chi connectivity index (χ3v) is 1.44. The SMILES string of the molecule is N#COC(=O)CC(O)(CC(=O)O)C(=O)O. The molecule has 0 saturated heterocycles. The molecule has 0 spiro atoms. The number of aliphatic carboxylic acids is 2. The normalized spacial score (nSPS) is 13.3. The van der Waals surface area contributed by atoms with Crippen LogP contribution in [0.1, 0.15) is 12.8 Å². The second-order valence-electron chi connectivity index (χ2n) is 2.65. The number of carbonyl (C=O) groups excluding carboxylic acids is 1. The van der Waals surface area contributed by atoms with Gasteiger partial charge in [0, 0.05) is 0 Å². The fourth-order valence-electron chi connectivity index (χ4n) is 0.790. The molecule has 8 heteroatoms. The van der Waals surface area contributed by atoms with Gasteiger partial charge in [0.05, 0.1) is 12.8 Å². The average molecular weight is 217 g/mol. The molecule has 0 rings (SSSR count). The molecule has 1 atom stereocenters. The zero-order valence-electron chi connectivity index (χ0n) is 7.34. The second kappa shape index (κ2) is 4.92. The lowest BCUT2D eigenvalue weighted by molar-refractivity contribution is -0.170. The minimum Gasteiger partial charge on any atom is -0.481 e. The lowest BCUT2D eigenvalue weighted by Gasteiger charge is -2.18. The summed E-state index contributed by atoms with van der Waals surface area (Å²) in [6, 6.07) is 0. The summed E-state index contributed by atoms with van der Waals surface area (Å²) < 4.78 is 3.72. The number of nitriles is 1. The van der Waals surface area contributed by atoms with Gasteiger partial charge in [-0.1, -0.05) is 0 Å². The van der Waals surface area contributed by atoms with Crippen LogP contribution in [0.15, 0.2) is 0 Å². The monoisotopic (exact) mass is 217 g/mol. The van der Waals surface area contributed by atoms with E-state index in [1.165, 1.54) is 0 Å². The number of nitrogens with zero attached hydrogens (tertiary/aromatic N) is 1. The summed E-state index contributed by atoms with van der Waals surface area (Å²) in [5, 5.41) is 34.0. The van der Waals surface area contributed by atoms with Crippen LogP contribution < -0.4 is 0 Å². The molecule has 0 aliphatic carbocycles. The summed E-state index contributed by atoms with van der Waals surface area (Å²) in [6.07, 6.45) is -1.29. The van der Waals surface area contributed by atoms with Gasteiger partial charge in [-0.15, -0.1) is 5.26 Å². The maximum atomic E-state index is 10.7. The molecule has 0 aliphatic heterocycles. The summed E-state index contributed by atoms with van der Waals surface area (Å²) in [5.41, 5.74) is -2.76. The fraction of sp³-hybridized carbons (Fsp3) is 0.429. The van der Waals surface area contributed by atoms with Gasteiger partial charge in [-0.3, -0.25) is 9.59 Å². The summed E-state index contributed by atoms with van der Waals surface area (Å²) in [5.74, 6) is -4.78. The van der Waals surface area contributed by atoms with E-state index in [0.717, 1.165) is 6.26 Å². The number of aliphatic hydroxyl groups is 1. The molecule has 0 fully saturated rings. The van der Waals surface area contributed by atoms with Gasteiger partial charge in [-0.05, 0) is 0 Å². The molecular formula is C7H7NO7. The van der Waals surface area contributed by atoms with Crippen molar-refractivity contribution in [2.75, 3.05) is 0 Å². The van der Waals surface area contributed by atoms with Crippen LogP contribution >= 0.6 is 0 Å². The summed E-state index contributed by atoms with van der Waals surface area (Å²) in [4.78, 5) is 31.4. The highest BCUT2D eigenvalue weighted by atomic mass is 16.5. The van der Waals surface area contributed by atoms with E-state index in [9.17, 15) is 19.5 Å². The molecule has 0 saturated carbocycles. The molecule has 0 bridgehead atoms. The number of hydrogen-bond acceptors (Lipinski definition) is 6. The van der Waals surface area contributed by atoms with Crippen molar-refractivity contribution in [1.82, 2.24) is 0 Å². The lowest BCUT2D eigenvalue weighted by Crippen LogP contribution is -2.42. The molecule has 0 aromatic heterocycles. The zero-order chi connectivity index (χ0) is 12.1. The Bertz CT molecular complexity index is 331. The average Bonchev–Trinajstić information content (AvgIpc) is 2.01. The van der Waals surface area contributed by atoms with E-state index in [1.54, 1.807) is 0 Å². The highest BCUT2D eigenvalue weighted by Gasteiger charge is 2.41. The van der Waals surface area contributed by atoms with Gasteiger partial charge in [0.1, 0.15) is 0 Å². The summed E-state index contributed by atoms with van der Waals surface area (Å²) >= 11 is 0. The summed E-state index contributed by atoms with van der Waals surface area (Å²) in [6.45, 7) is 0. The van der Waals surface area contributed by atoms with Crippen molar-refractivity contribution < 1.29 is 34.4 Å². The van der Waals surface area contributed by atoms with Gasteiger partial charge in [-0.2, -0.15) is 0 Å². The minimum atomic E-state index is -2.76. The van der Waals surface area contributed by atoms with Gasteiger partial charge >= 0.3 is 17.9 Å². The zero-order valence-corrected chi connectivity index (χ0v) is 7.34. The predicted octanol–water partition coefficient (Wildman–Crippen LogP) is -1.31. The first-order valence-corrected chi connectivity index (χ1v) is 3.58. The molecule has 0 amide bonds. The molecular weight excluding hydrogens is 210 g/mol. The van der Waals surface area contributed by atoms with Gasteiger partial charge in [0.15, 0.2) is 5.60 Å². The van der Waals surface area contributed by atoms with E-state index in [4.69, 9.17) is 15.5 Å². The number of esters is 1. The standard InChI is InChI=1S/C7H7NO7/c8-3-15-5(11)2-7(14,6(12)13)1-4(9)10/h14H,1-2H2,(H,9,10)(H,12,13). The molecule has 1 unspecified atom stereocenters. The van der Waals surface area contributed by atoms with Gasteiger partial charge in [0.2, 0.25) is 0 Å². The predicted molar refractivity (Wildman–Crippen MR) is 41.2 cm³/mol. The van der Waals surface area contributed by atoms with E-state index >= 15 is 0 Å². The highest BCUT2D eigenvalue weighted by Crippen LogP contribution is 2.16. The first-order chi connectivity index (χ1) is 6.81. The first-order valence-electron chi connectivity index (χ1n) is 3.58. The van der Waals surface area contributed by atoms with Crippen molar-refractivity contribution >= 4 is 17.9 Å². The van der Waals surface area contributed by atoms with Gasteiger partial charge < -0.3 is 20.1 Å². The second-order valence-corrected chi connectivity index (χ2v) is 2.65. The Labute approximate surface area is 83.3 Å². The highest BCUT2D eigenvalue weighted by molar-refractivity contribution is 5.88. The smallest absolute Gasteiger partial charge is 0.336 e. The Balaban J connectivity index is 4.67. The minimum absolute atomic E-state index is 0.981. The number of carboxylic acid groups (broad SMARTS) is 2. The van der Waals surface area contributed by atoms with Crippen LogP contribution in [-0.2, 0) is 19.1 Å². The Morgan fingerprint density at radius 3 is 2.13 bits per heavy atom. The molecule has 0 aromatic carbocycles. The van der Waals surface area contributed by atoms with Gasteiger partial charge in [0.25, 0.3) is 6.26 Å². The van der Waals surface area contributed by atoms with E-state index in [0.29, 0.717) is 0 Å². The van der Waals surface area contributed by atoms with Crippen molar-refractivity contribution in [2.24, 2.45) is 0 Å². The molecule has 3 N–H and O–H groups in total. The van der Waals surface area contributed by atoms with Crippen LogP contribution in [-0.4, -0.2) is 38.8 Å².